The number of hydrogen-bond acceptors (Lipinski definition) is 3. The largest absolute Gasteiger partial charge is 0.490 e. The number of aromatic amines is 1. The first kappa shape index (κ1) is 14.4. The van der Waals surface area contributed by atoms with Gasteiger partial charge < -0.3 is 9.72 Å². The second-order valence-corrected chi connectivity index (χ2v) is 6.33. The summed E-state index contributed by atoms with van der Waals surface area (Å²) in [4.78, 5) is 7.71. The molecule has 108 valence electrons. The topological polar surface area (TPSA) is 37.9 Å². The Morgan fingerprint density at radius 3 is 2.95 bits per heavy atom. The van der Waals surface area contributed by atoms with E-state index in [-0.39, 0.29) is 11.6 Å². The van der Waals surface area contributed by atoms with Crippen LogP contribution < -0.4 is 4.74 Å². The van der Waals surface area contributed by atoms with Crippen molar-refractivity contribution in [2.24, 2.45) is 0 Å². The van der Waals surface area contributed by atoms with Crippen molar-refractivity contribution in [2.45, 2.75) is 5.16 Å². The van der Waals surface area contributed by atoms with Gasteiger partial charge in [-0.25, -0.2) is 9.37 Å². The van der Waals surface area contributed by atoms with Gasteiger partial charge in [0.15, 0.2) is 16.7 Å². The van der Waals surface area contributed by atoms with Crippen LogP contribution in [-0.2, 0) is 0 Å². The molecule has 0 unspecified atom stereocenters. The van der Waals surface area contributed by atoms with E-state index in [1.807, 2.05) is 18.2 Å². The number of fused-ring (bicyclic) bond motifs is 1. The molecule has 3 nitrogen and oxygen atoms in total. The third-order valence-corrected chi connectivity index (χ3v) is 4.17. The van der Waals surface area contributed by atoms with E-state index in [1.165, 1.54) is 6.07 Å². The van der Waals surface area contributed by atoms with Crippen LogP contribution in [0.5, 0.6) is 5.75 Å². The summed E-state index contributed by atoms with van der Waals surface area (Å²) in [6.07, 6.45) is 0. The number of para-hydroxylation sites is 1. The highest BCUT2D eigenvalue weighted by molar-refractivity contribution is 9.10. The van der Waals surface area contributed by atoms with Crippen LogP contribution >= 0.6 is 27.7 Å². The smallest absolute Gasteiger partial charge is 0.166 e. The van der Waals surface area contributed by atoms with Crippen LogP contribution in [0, 0.1) is 5.82 Å². The van der Waals surface area contributed by atoms with Gasteiger partial charge in [0.25, 0.3) is 0 Å². The number of halogens is 2. The van der Waals surface area contributed by atoms with Crippen molar-refractivity contribution < 1.29 is 9.13 Å². The van der Waals surface area contributed by atoms with E-state index in [1.54, 1.807) is 30.0 Å². The van der Waals surface area contributed by atoms with Crippen molar-refractivity contribution >= 4 is 38.7 Å². The molecule has 6 heteroatoms. The molecule has 21 heavy (non-hydrogen) atoms. The first-order valence-electron chi connectivity index (χ1n) is 6.38. The molecule has 2 aromatic carbocycles. The molecule has 0 spiro atoms. The third kappa shape index (κ3) is 3.57. The Balaban J connectivity index is 1.56. The van der Waals surface area contributed by atoms with Crippen LogP contribution in [0.2, 0.25) is 0 Å². The van der Waals surface area contributed by atoms with E-state index in [0.717, 1.165) is 20.7 Å². The fourth-order valence-electron chi connectivity index (χ4n) is 1.88. The van der Waals surface area contributed by atoms with Crippen molar-refractivity contribution in [3.05, 3.63) is 52.8 Å². The summed E-state index contributed by atoms with van der Waals surface area (Å²) >= 11 is 4.98. The molecule has 0 aliphatic rings. The number of rotatable bonds is 5. The number of benzene rings is 2. The molecule has 0 aliphatic heterocycles. The SMILES string of the molecule is Fc1ccccc1OCCSc1nc2ccc(Br)cc2[nH]1. The number of imidazole rings is 1. The minimum absolute atomic E-state index is 0.284. The van der Waals surface area contributed by atoms with Gasteiger partial charge in [0, 0.05) is 10.2 Å². The highest BCUT2D eigenvalue weighted by atomic mass is 79.9. The van der Waals surface area contributed by atoms with Crippen molar-refractivity contribution in [3.8, 4) is 5.75 Å². The summed E-state index contributed by atoms with van der Waals surface area (Å²) in [5.41, 5.74) is 1.91. The van der Waals surface area contributed by atoms with Crippen LogP contribution in [0.25, 0.3) is 11.0 Å². The van der Waals surface area contributed by atoms with Gasteiger partial charge in [-0.3, -0.25) is 0 Å². The molecule has 0 saturated heterocycles. The fraction of sp³-hybridized carbons (Fsp3) is 0.133. The minimum atomic E-state index is -0.337. The normalized spacial score (nSPS) is 11.0. The first-order valence-corrected chi connectivity index (χ1v) is 8.15. The maximum Gasteiger partial charge on any atom is 0.166 e. The molecule has 0 radical (unpaired) electrons. The lowest BCUT2D eigenvalue weighted by Crippen LogP contribution is -2.01. The van der Waals surface area contributed by atoms with E-state index in [2.05, 4.69) is 25.9 Å². The number of ether oxygens (including phenoxy) is 1. The molecule has 0 bridgehead atoms. The molecule has 0 fully saturated rings. The Bertz CT molecular complexity index is 762. The highest BCUT2D eigenvalue weighted by Crippen LogP contribution is 2.22. The molecular formula is C15H12BrFN2OS. The van der Waals surface area contributed by atoms with E-state index >= 15 is 0 Å². The zero-order valence-corrected chi connectivity index (χ0v) is 13.4. The number of nitrogens with one attached hydrogen (secondary N) is 1. The summed E-state index contributed by atoms with van der Waals surface area (Å²) in [5.74, 6) is 0.637. The summed E-state index contributed by atoms with van der Waals surface area (Å²) in [5, 5.41) is 0.834. The molecule has 1 heterocycles. The maximum atomic E-state index is 13.4. The van der Waals surface area contributed by atoms with Crippen LogP contribution in [-0.4, -0.2) is 22.3 Å². The Labute approximate surface area is 134 Å². The molecule has 0 aliphatic carbocycles. The highest BCUT2D eigenvalue weighted by Gasteiger charge is 2.05. The molecular weight excluding hydrogens is 355 g/mol. The lowest BCUT2D eigenvalue weighted by molar-refractivity contribution is 0.325. The summed E-state index contributed by atoms with van der Waals surface area (Å²) < 4.78 is 19.8. The van der Waals surface area contributed by atoms with Crippen molar-refractivity contribution in [1.29, 1.82) is 0 Å². The predicted octanol–water partition coefficient (Wildman–Crippen LogP) is 4.64. The van der Waals surface area contributed by atoms with Gasteiger partial charge in [-0.05, 0) is 30.3 Å². The quantitative estimate of drug-likeness (QED) is 0.528. The molecule has 1 N–H and O–H groups in total. The fourth-order valence-corrected chi connectivity index (χ4v) is 2.94. The number of H-pyrrole nitrogens is 1. The molecule has 1 aromatic heterocycles. The maximum absolute atomic E-state index is 13.4. The zero-order chi connectivity index (χ0) is 14.7. The van der Waals surface area contributed by atoms with E-state index in [4.69, 9.17) is 4.74 Å². The van der Waals surface area contributed by atoms with Crippen LogP contribution in [0.15, 0.2) is 52.1 Å². The summed E-state index contributed by atoms with van der Waals surface area (Å²) in [6.45, 7) is 0.423. The minimum Gasteiger partial charge on any atom is -0.490 e. The summed E-state index contributed by atoms with van der Waals surface area (Å²) in [6, 6.07) is 12.3. The molecule has 3 aromatic rings. The lowest BCUT2D eigenvalue weighted by Gasteiger charge is -2.05. The Morgan fingerprint density at radius 1 is 1.24 bits per heavy atom. The average Bonchev–Trinajstić information content (AvgIpc) is 2.87. The lowest BCUT2D eigenvalue weighted by atomic mass is 10.3. The van der Waals surface area contributed by atoms with Gasteiger partial charge >= 0.3 is 0 Å². The monoisotopic (exact) mass is 366 g/mol. The third-order valence-electron chi connectivity index (χ3n) is 2.84. The zero-order valence-electron chi connectivity index (χ0n) is 11.0. The second kappa shape index (κ2) is 6.49. The standard InChI is InChI=1S/C15H12BrFN2OS/c16-10-5-6-12-13(9-10)19-15(18-12)21-8-7-20-14-4-2-1-3-11(14)17/h1-6,9H,7-8H2,(H,18,19). The first-order chi connectivity index (χ1) is 10.2. The van der Waals surface area contributed by atoms with Crippen molar-refractivity contribution in [1.82, 2.24) is 9.97 Å². The molecule has 3 rings (SSSR count). The molecule has 0 saturated carbocycles. The molecule has 0 amide bonds. The van der Waals surface area contributed by atoms with Gasteiger partial charge in [0.05, 0.1) is 17.6 Å². The van der Waals surface area contributed by atoms with Crippen LogP contribution in [0.3, 0.4) is 0 Å². The van der Waals surface area contributed by atoms with Gasteiger partial charge in [0.2, 0.25) is 0 Å². The van der Waals surface area contributed by atoms with E-state index < -0.39 is 0 Å². The second-order valence-electron chi connectivity index (χ2n) is 4.33. The number of hydrogen-bond donors (Lipinski definition) is 1. The van der Waals surface area contributed by atoms with Crippen LogP contribution in [0.4, 0.5) is 4.39 Å². The number of nitrogens with zero attached hydrogens (tertiary/aromatic N) is 1. The van der Waals surface area contributed by atoms with E-state index in [9.17, 15) is 4.39 Å². The summed E-state index contributed by atoms with van der Waals surface area (Å²) in [7, 11) is 0. The average molecular weight is 367 g/mol. The van der Waals surface area contributed by atoms with Gasteiger partial charge in [0.1, 0.15) is 0 Å². The number of thioether (sulfide) groups is 1. The van der Waals surface area contributed by atoms with E-state index in [0.29, 0.717) is 12.4 Å². The number of aromatic nitrogens is 2. The van der Waals surface area contributed by atoms with Gasteiger partial charge in [-0.1, -0.05) is 39.8 Å². The Morgan fingerprint density at radius 2 is 2.10 bits per heavy atom. The van der Waals surface area contributed by atoms with Gasteiger partial charge in [-0.2, -0.15) is 0 Å². The predicted molar refractivity (Wildman–Crippen MR) is 86.4 cm³/mol. The Hall–Kier alpha value is -1.53. The van der Waals surface area contributed by atoms with Gasteiger partial charge in [-0.15, -0.1) is 0 Å². The Kier molecular flexibility index (Phi) is 4.45. The van der Waals surface area contributed by atoms with Crippen molar-refractivity contribution in [3.63, 3.8) is 0 Å². The van der Waals surface area contributed by atoms with Crippen LogP contribution in [0.1, 0.15) is 0 Å². The van der Waals surface area contributed by atoms with Crippen molar-refractivity contribution in [2.75, 3.05) is 12.4 Å². The molecule has 0 atom stereocenters.